The zero-order valence-corrected chi connectivity index (χ0v) is 17.8. The van der Waals surface area contributed by atoms with Gasteiger partial charge in [0.1, 0.15) is 11.5 Å². The number of carbonyl (C=O) groups excluding carboxylic acids is 2. The highest BCUT2D eigenvalue weighted by Gasteiger charge is 2.39. The fourth-order valence-corrected chi connectivity index (χ4v) is 3.61. The van der Waals surface area contributed by atoms with E-state index in [2.05, 4.69) is 5.32 Å². The molecule has 0 bridgehead atoms. The maximum atomic E-state index is 14.2. The van der Waals surface area contributed by atoms with E-state index in [1.807, 2.05) is 32.0 Å². The number of imide groups is 1. The summed E-state index contributed by atoms with van der Waals surface area (Å²) in [4.78, 5) is 27.6. The fourth-order valence-electron chi connectivity index (χ4n) is 3.48. The Kier molecular flexibility index (Phi) is 5.61. The molecule has 0 spiro atoms. The third-order valence-electron chi connectivity index (χ3n) is 5.36. The number of aryl methyl sites for hydroxylation is 2. The van der Waals surface area contributed by atoms with Crippen LogP contribution in [-0.2, 0) is 16.1 Å². The number of benzene rings is 3. The second kappa shape index (κ2) is 8.36. The van der Waals surface area contributed by atoms with Gasteiger partial charge in [0.15, 0.2) is 0 Å². The van der Waals surface area contributed by atoms with Crippen molar-refractivity contribution in [2.75, 3.05) is 5.32 Å². The van der Waals surface area contributed by atoms with Crippen molar-refractivity contribution in [1.29, 1.82) is 0 Å². The topological polar surface area (TPSA) is 49.4 Å². The lowest BCUT2D eigenvalue weighted by Gasteiger charge is -2.16. The molecule has 0 saturated carbocycles. The zero-order valence-electron chi connectivity index (χ0n) is 17.1. The first-order valence-corrected chi connectivity index (χ1v) is 10.2. The number of hydrogen-bond donors (Lipinski definition) is 1. The van der Waals surface area contributed by atoms with Crippen molar-refractivity contribution in [3.05, 3.63) is 106 Å². The molecule has 1 heterocycles. The minimum absolute atomic E-state index is 0.153. The average Bonchev–Trinajstić information content (AvgIpc) is 2.97. The Morgan fingerprint density at radius 1 is 0.903 bits per heavy atom. The Morgan fingerprint density at radius 2 is 1.61 bits per heavy atom. The number of amides is 2. The van der Waals surface area contributed by atoms with E-state index in [0.717, 1.165) is 16.0 Å². The summed E-state index contributed by atoms with van der Waals surface area (Å²) in [5, 5.41) is 3.64. The minimum atomic E-state index is -0.503. The van der Waals surface area contributed by atoms with E-state index >= 15 is 0 Å². The van der Waals surface area contributed by atoms with Crippen LogP contribution >= 0.6 is 11.6 Å². The predicted octanol–water partition coefficient (Wildman–Crippen LogP) is 5.49. The van der Waals surface area contributed by atoms with Gasteiger partial charge in [0.2, 0.25) is 0 Å². The summed E-state index contributed by atoms with van der Waals surface area (Å²) in [6.45, 7) is 3.82. The summed E-state index contributed by atoms with van der Waals surface area (Å²) in [7, 11) is 0. The molecular formula is C25H20ClFN2O2. The summed E-state index contributed by atoms with van der Waals surface area (Å²) in [5.41, 5.74) is 4.09. The second-order valence-corrected chi connectivity index (χ2v) is 7.91. The van der Waals surface area contributed by atoms with Crippen LogP contribution in [0.3, 0.4) is 0 Å². The van der Waals surface area contributed by atoms with E-state index < -0.39 is 17.6 Å². The van der Waals surface area contributed by atoms with Gasteiger partial charge < -0.3 is 5.32 Å². The lowest BCUT2D eigenvalue weighted by molar-refractivity contribution is -0.137. The number of halogens is 2. The van der Waals surface area contributed by atoms with Gasteiger partial charge in [-0.1, -0.05) is 48.0 Å². The molecular weight excluding hydrogens is 415 g/mol. The standard InChI is InChI=1S/C25H20ClFN2O2/c1-15-7-12-20(13-16(15)2)28-23-22(17-8-10-19(26)11-9-17)24(30)29(25(23)31)14-18-5-3-4-6-21(18)27/h3-13,28H,14H2,1-2H3. The molecule has 3 aromatic carbocycles. The molecule has 0 unspecified atom stereocenters. The molecule has 1 aliphatic heterocycles. The van der Waals surface area contributed by atoms with Crippen LogP contribution in [0.25, 0.3) is 5.57 Å². The summed E-state index contributed by atoms with van der Waals surface area (Å²) in [6, 6.07) is 18.5. The van der Waals surface area contributed by atoms with Gasteiger partial charge in [-0.25, -0.2) is 4.39 Å². The second-order valence-electron chi connectivity index (χ2n) is 7.47. The van der Waals surface area contributed by atoms with Gasteiger partial charge in [0.05, 0.1) is 12.1 Å². The third-order valence-corrected chi connectivity index (χ3v) is 5.62. The van der Waals surface area contributed by atoms with Gasteiger partial charge in [-0.05, 0) is 60.9 Å². The summed E-state index contributed by atoms with van der Waals surface area (Å²) in [6.07, 6.45) is 0. The van der Waals surface area contributed by atoms with Gasteiger partial charge in [-0.2, -0.15) is 0 Å². The molecule has 1 aliphatic rings. The minimum Gasteiger partial charge on any atom is -0.350 e. The molecule has 6 heteroatoms. The SMILES string of the molecule is Cc1ccc(NC2=C(c3ccc(Cl)cc3)C(=O)N(Cc3ccccc3F)C2=O)cc1C. The fraction of sp³-hybridized carbons (Fsp3) is 0.120. The first-order chi connectivity index (χ1) is 14.8. The van der Waals surface area contributed by atoms with Crippen LogP contribution in [0.5, 0.6) is 0 Å². The van der Waals surface area contributed by atoms with Crippen molar-refractivity contribution in [3.8, 4) is 0 Å². The highest BCUT2D eigenvalue weighted by molar-refractivity contribution is 6.36. The number of nitrogens with zero attached hydrogens (tertiary/aromatic N) is 1. The molecule has 0 aliphatic carbocycles. The maximum Gasteiger partial charge on any atom is 0.278 e. The molecule has 0 fully saturated rings. The molecule has 4 rings (SSSR count). The van der Waals surface area contributed by atoms with Crippen LogP contribution in [0.2, 0.25) is 5.02 Å². The Hall–Kier alpha value is -3.44. The first kappa shape index (κ1) is 20.8. The molecule has 3 aromatic rings. The van der Waals surface area contributed by atoms with Crippen molar-refractivity contribution in [3.63, 3.8) is 0 Å². The smallest absolute Gasteiger partial charge is 0.278 e. The summed E-state index contributed by atoms with van der Waals surface area (Å²) in [5.74, 6) is -1.45. The van der Waals surface area contributed by atoms with Gasteiger partial charge in [-0.15, -0.1) is 0 Å². The molecule has 2 amide bonds. The molecule has 0 saturated heterocycles. The quantitative estimate of drug-likeness (QED) is 0.540. The van der Waals surface area contributed by atoms with Crippen molar-refractivity contribution in [1.82, 2.24) is 4.90 Å². The average molecular weight is 435 g/mol. The van der Waals surface area contributed by atoms with Crippen LogP contribution < -0.4 is 5.32 Å². The third kappa shape index (κ3) is 4.09. The van der Waals surface area contributed by atoms with Crippen molar-refractivity contribution in [2.24, 2.45) is 0 Å². The van der Waals surface area contributed by atoms with Crippen LogP contribution in [0.15, 0.2) is 72.4 Å². The van der Waals surface area contributed by atoms with E-state index in [0.29, 0.717) is 16.3 Å². The largest absolute Gasteiger partial charge is 0.350 e. The van der Waals surface area contributed by atoms with E-state index in [4.69, 9.17) is 11.6 Å². The van der Waals surface area contributed by atoms with Crippen molar-refractivity contribution >= 4 is 34.7 Å². The lowest BCUT2D eigenvalue weighted by Crippen LogP contribution is -2.32. The highest BCUT2D eigenvalue weighted by atomic mass is 35.5. The van der Waals surface area contributed by atoms with Crippen molar-refractivity contribution < 1.29 is 14.0 Å². The highest BCUT2D eigenvalue weighted by Crippen LogP contribution is 2.32. The summed E-state index contributed by atoms with van der Waals surface area (Å²) < 4.78 is 14.2. The maximum absolute atomic E-state index is 14.2. The molecule has 31 heavy (non-hydrogen) atoms. The molecule has 4 nitrogen and oxygen atoms in total. The molecule has 0 radical (unpaired) electrons. The Labute approximate surface area is 185 Å². The summed E-state index contributed by atoms with van der Waals surface area (Å²) >= 11 is 6.00. The van der Waals surface area contributed by atoms with Crippen LogP contribution in [0.4, 0.5) is 10.1 Å². The zero-order chi connectivity index (χ0) is 22.1. The lowest BCUT2D eigenvalue weighted by atomic mass is 10.0. The number of hydrogen-bond acceptors (Lipinski definition) is 3. The van der Waals surface area contributed by atoms with E-state index in [9.17, 15) is 14.0 Å². The van der Waals surface area contributed by atoms with E-state index in [-0.39, 0.29) is 23.4 Å². The molecule has 0 aromatic heterocycles. The number of nitrogens with one attached hydrogen (secondary N) is 1. The van der Waals surface area contributed by atoms with E-state index in [1.165, 1.54) is 6.07 Å². The van der Waals surface area contributed by atoms with E-state index in [1.54, 1.807) is 42.5 Å². The Morgan fingerprint density at radius 3 is 2.29 bits per heavy atom. The van der Waals surface area contributed by atoms with Gasteiger partial charge >= 0.3 is 0 Å². The molecule has 1 N–H and O–H groups in total. The first-order valence-electron chi connectivity index (χ1n) is 9.79. The number of carbonyl (C=O) groups is 2. The number of anilines is 1. The normalized spacial score (nSPS) is 13.9. The van der Waals surface area contributed by atoms with Gasteiger partial charge in [0.25, 0.3) is 11.8 Å². The Bertz CT molecular complexity index is 1220. The van der Waals surface area contributed by atoms with Crippen LogP contribution in [0, 0.1) is 19.7 Å². The van der Waals surface area contributed by atoms with Gasteiger partial charge in [0, 0.05) is 16.3 Å². The van der Waals surface area contributed by atoms with Crippen LogP contribution in [-0.4, -0.2) is 16.7 Å². The van der Waals surface area contributed by atoms with Gasteiger partial charge in [-0.3, -0.25) is 14.5 Å². The van der Waals surface area contributed by atoms with Crippen molar-refractivity contribution in [2.45, 2.75) is 20.4 Å². The molecule has 156 valence electrons. The monoisotopic (exact) mass is 434 g/mol. The number of rotatable bonds is 5. The molecule has 0 atom stereocenters. The van der Waals surface area contributed by atoms with Crippen LogP contribution in [0.1, 0.15) is 22.3 Å². The Balaban J connectivity index is 1.76. The predicted molar refractivity (Wildman–Crippen MR) is 120 cm³/mol.